The van der Waals surface area contributed by atoms with Gasteiger partial charge in [-0.15, -0.1) is 0 Å². The summed E-state index contributed by atoms with van der Waals surface area (Å²) in [5.41, 5.74) is 3.02. The summed E-state index contributed by atoms with van der Waals surface area (Å²) in [6, 6.07) is 20.4. The number of aromatic nitrogens is 3. The van der Waals surface area contributed by atoms with Gasteiger partial charge in [0.2, 0.25) is 5.91 Å². The minimum Gasteiger partial charge on any atom is -0.352 e. The van der Waals surface area contributed by atoms with Crippen LogP contribution in [0.3, 0.4) is 0 Å². The number of hydrogen-bond acceptors (Lipinski definition) is 3. The van der Waals surface area contributed by atoms with Crippen molar-refractivity contribution in [3.8, 4) is 11.5 Å². The molecule has 0 radical (unpaired) electrons. The van der Waals surface area contributed by atoms with Gasteiger partial charge in [0.25, 0.3) is 0 Å². The van der Waals surface area contributed by atoms with E-state index < -0.39 is 0 Å². The SMILES string of the molecule is O=C(NCc1ccc(F)cc1)C1CCCN(Cc2cnn(-c3ccccc3)c2-n2cccc2)C1. The quantitative estimate of drug-likeness (QED) is 0.449. The molecular weight excluding hydrogens is 429 g/mol. The molecule has 1 unspecified atom stereocenters. The first-order chi connectivity index (χ1) is 16.7. The Morgan fingerprint density at radius 3 is 2.56 bits per heavy atom. The van der Waals surface area contributed by atoms with Crippen LogP contribution in [-0.4, -0.2) is 38.2 Å². The van der Waals surface area contributed by atoms with Gasteiger partial charge in [-0.25, -0.2) is 9.07 Å². The lowest BCUT2D eigenvalue weighted by Crippen LogP contribution is -2.42. The van der Waals surface area contributed by atoms with Gasteiger partial charge in [0.1, 0.15) is 11.6 Å². The minimum absolute atomic E-state index is 0.0552. The van der Waals surface area contributed by atoms with Crippen LogP contribution < -0.4 is 5.32 Å². The average Bonchev–Trinajstić information content (AvgIpc) is 3.54. The molecule has 2 aromatic carbocycles. The van der Waals surface area contributed by atoms with Gasteiger partial charge in [0.05, 0.1) is 17.8 Å². The van der Waals surface area contributed by atoms with Gasteiger partial charge in [0, 0.05) is 37.6 Å². The van der Waals surface area contributed by atoms with E-state index in [0.29, 0.717) is 13.1 Å². The second-order valence-electron chi connectivity index (χ2n) is 8.75. The Bertz CT molecular complexity index is 1220. The fourth-order valence-corrected chi connectivity index (χ4v) is 4.59. The molecule has 1 atom stereocenters. The van der Waals surface area contributed by atoms with Crippen molar-refractivity contribution >= 4 is 5.91 Å². The number of likely N-dealkylation sites (tertiary alicyclic amines) is 1. The van der Waals surface area contributed by atoms with E-state index >= 15 is 0 Å². The maximum atomic E-state index is 13.1. The maximum absolute atomic E-state index is 13.1. The summed E-state index contributed by atoms with van der Waals surface area (Å²) in [5.74, 6) is 0.736. The van der Waals surface area contributed by atoms with Crippen molar-refractivity contribution in [1.29, 1.82) is 0 Å². The van der Waals surface area contributed by atoms with E-state index in [9.17, 15) is 9.18 Å². The summed E-state index contributed by atoms with van der Waals surface area (Å²) in [4.78, 5) is 15.2. The summed E-state index contributed by atoms with van der Waals surface area (Å²) < 4.78 is 17.2. The van der Waals surface area contributed by atoms with E-state index in [0.717, 1.165) is 48.6 Å². The highest BCUT2D eigenvalue weighted by Crippen LogP contribution is 2.24. The fourth-order valence-electron chi connectivity index (χ4n) is 4.59. The highest BCUT2D eigenvalue weighted by atomic mass is 19.1. The summed E-state index contributed by atoms with van der Waals surface area (Å²) in [5, 5.41) is 7.72. The number of rotatable bonds is 7. The Balaban J connectivity index is 1.28. The molecule has 2 aromatic heterocycles. The third kappa shape index (κ3) is 4.94. The van der Waals surface area contributed by atoms with Crippen LogP contribution in [0.15, 0.2) is 85.3 Å². The highest BCUT2D eigenvalue weighted by molar-refractivity contribution is 5.79. The van der Waals surface area contributed by atoms with Crippen LogP contribution in [0.2, 0.25) is 0 Å². The standard InChI is InChI=1S/C27H28FN5O/c28-24-12-10-21(11-13-24)17-29-26(34)22-7-6-14-31(19-22)20-23-18-30-33(25-8-2-1-3-9-25)27(23)32-15-4-5-16-32/h1-5,8-13,15-16,18,22H,6-7,14,17,19-20H2,(H,29,34). The summed E-state index contributed by atoms with van der Waals surface area (Å²) >= 11 is 0. The average molecular weight is 458 g/mol. The van der Waals surface area contributed by atoms with Crippen molar-refractivity contribution in [2.45, 2.75) is 25.9 Å². The normalized spacial score (nSPS) is 16.4. The number of hydrogen-bond donors (Lipinski definition) is 1. The largest absolute Gasteiger partial charge is 0.352 e. The van der Waals surface area contributed by atoms with Crippen molar-refractivity contribution in [1.82, 2.24) is 24.6 Å². The summed E-state index contributed by atoms with van der Waals surface area (Å²) in [6.07, 6.45) is 7.84. The first-order valence-electron chi connectivity index (χ1n) is 11.7. The number of carbonyl (C=O) groups excluding carboxylic acids is 1. The molecule has 1 saturated heterocycles. The zero-order valence-corrected chi connectivity index (χ0v) is 19.0. The van der Waals surface area contributed by atoms with E-state index in [1.54, 1.807) is 12.1 Å². The second kappa shape index (κ2) is 10.1. The zero-order chi connectivity index (χ0) is 23.3. The monoisotopic (exact) mass is 457 g/mol. The van der Waals surface area contributed by atoms with Crippen LogP contribution in [0.1, 0.15) is 24.0 Å². The molecule has 1 fully saturated rings. The van der Waals surface area contributed by atoms with Gasteiger partial charge in [-0.2, -0.15) is 5.10 Å². The molecule has 3 heterocycles. The number of piperidine rings is 1. The van der Waals surface area contributed by atoms with E-state index in [4.69, 9.17) is 5.10 Å². The minimum atomic E-state index is -0.270. The number of carbonyl (C=O) groups is 1. The van der Waals surface area contributed by atoms with Gasteiger partial charge in [-0.1, -0.05) is 30.3 Å². The summed E-state index contributed by atoms with van der Waals surface area (Å²) in [6.45, 7) is 2.79. The number of nitrogens with zero attached hydrogens (tertiary/aromatic N) is 4. The lowest BCUT2D eigenvalue weighted by atomic mass is 9.96. The molecule has 0 saturated carbocycles. The molecule has 6 nitrogen and oxygen atoms in total. The molecule has 5 rings (SSSR count). The molecule has 4 aromatic rings. The third-order valence-corrected chi connectivity index (χ3v) is 6.32. The Kier molecular flexibility index (Phi) is 6.53. The number of para-hydroxylation sites is 1. The topological polar surface area (TPSA) is 55.1 Å². The van der Waals surface area contributed by atoms with Crippen LogP contribution in [-0.2, 0) is 17.9 Å². The first-order valence-corrected chi connectivity index (χ1v) is 11.7. The molecule has 1 aliphatic rings. The Hall–Kier alpha value is -3.71. The Labute approximate surface area is 198 Å². The van der Waals surface area contributed by atoms with Crippen molar-refractivity contribution in [3.63, 3.8) is 0 Å². The number of nitrogens with one attached hydrogen (secondary N) is 1. The van der Waals surface area contributed by atoms with E-state index in [2.05, 4.69) is 14.8 Å². The van der Waals surface area contributed by atoms with Crippen LogP contribution in [0, 0.1) is 11.7 Å². The molecule has 0 bridgehead atoms. The fraction of sp³-hybridized carbons (Fsp3) is 0.259. The molecule has 0 spiro atoms. The molecule has 1 aliphatic heterocycles. The first kappa shape index (κ1) is 22.1. The predicted molar refractivity (Wildman–Crippen MR) is 129 cm³/mol. The molecule has 1 N–H and O–H groups in total. The smallest absolute Gasteiger partial charge is 0.224 e. The van der Waals surface area contributed by atoms with Gasteiger partial charge in [0.15, 0.2) is 0 Å². The van der Waals surface area contributed by atoms with Crippen LogP contribution >= 0.6 is 0 Å². The number of halogens is 1. The lowest BCUT2D eigenvalue weighted by Gasteiger charge is -2.32. The Morgan fingerprint density at radius 1 is 1.03 bits per heavy atom. The van der Waals surface area contributed by atoms with Crippen molar-refractivity contribution in [2.75, 3.05) is 13.1 Å². The van der Waals surface area contributed by atoms with Crippen molar-refractivity contribution < 1.29 is 9.18 Å². The van der Waals surface area contributed by atoms with Gasteiger partial charge < -0.3 is 9.88 Å². The highest BCUT2D eigenvalue weighted by Gasteiger charge is 2.27. The predicted octanol–water partition coefficient (Wildman–Crippen LogP) is 4.33. The second-order valence-corrected chi connectivity index (χ2v) is 8.75. The van der Waals surface area contributed by atoms with E-state index in [1.165, 1.54) is 12.1 Å². The molecule has 1 amide bonds. The number of amides is 1. The molecule has 34 heavy (non-hydrogen) atoms. The van der Waals surface area contributed by atoms with Crippen molar-refractivity contribution in [2.24, 2.45) is 5.92 Å². The lowest BCUT2D eigenvalue weighted by molar-refractivity contribution is -0.126. The van der Waals surface area contributed by atoms with Crippen LogP contribution in [0.25, 0.3) is 11.5 Å². The molecule has 0 aliphatic carbocycles. The van der Waals surface area contributed by atoms with Crippen LogP contribution in [0.5, 0.6) is 0 Å². The van der Waals surface area contributed by atoms with Crippen LogP contribution in [0.4, 0.5) is 4.39 Å². The van der Waals surface area contributed by atoms with Crippen molar-refractivity contribution in [3.05, 3.63) is 102 Å². The third-order valence-electron chi connectivity index (χ3n) is 6.32. The molecule has 7 heteroatoms. The number of benzene rings is 2. The zero-order valence-electron chi connectivity index (χ0n) is 19.0. The van der Waals surface area contributed by atoms with Gasteiger partial charge in [-0.05, 0) is 61.3 Å². The summed E-state index contributed by atoms with van der Waals surface area (Å²) in [7, 11) is 0. The maximum Gasteiger partial charge on any atom is 0.224 e. The van der Waals surface area contributed by atoms with Gasteiger partial charge in [-0.3, -0.25) is 9.69 Å². The van der Waals surface area contributed by atoms with E-state index in [-0.39, 0.29) is 17.6 Å². The van der Waals surface area contributed by atoms with Gasteiger partial charge >= 0.3 is 0 Å². The van der Waals surface area contributed by atoms with E-state index in [1.807, 2.05) is 65.7 Å². The molecule has 174 valence electrons. The molecular formula is C27H28FN5O. The Morgan fingerprint density at radius 2 is 1.79 bits per heavy atom.